The van der Waals surface area contributed by atoms with Gasteiger partial charge in [0, 0.05) is 42.2 Å². The van der Waals surface area contributed by atoms with Gasteiger partial charge in [0.1, 0.15) is 11.6 Å². The number of urea groups is 1. The maximum absolute atomic E-state index is 16.0. The largest absolute Gasteiger partial charge is 0.416 e. The smallest absolute Gasteiger partial charge is 0.351 e. The van der Waals surface area contributed by atoms with E-state index in [0.29, 0.717) is 35.9 Å². The fraction of sp³-hybridized carbons (Fsp3) is 0.353. The molecule has 48 heavy (non-hydrogen) atoms. The summed E-state index contributed by atoms with van der Waals surface area (Å²) in [6, 6.07) is 7.77. The number of anilines is 1. The van der Waals surface area contributed by atoms with Crippen LogP contribution in [0.2, 0.25) is 0 Å². The summed E-state index contributed by atoms with van der Waals surface area (Å²) < 4.78 is 115. The Morgan fingerprint density at radius 1 is 0.917 bits per heavy atom. The van der Waals surface area contributed by atoms with Crippen LogP contribution in [0.3, 0.4) is 0 Å². The Hall–Kier alpha value is -4.46. The van der Waals surface area contributed by atoms with Crippen LogP contribution in [0, 0.1) is 11.6 Å². The van der Waals surface area contributed by atoms with Gasteiger partial charge in [-0.15, -0.1) is 0 Å². The number of alkyl halides is 6. The van der Waals surface area contributed by atoms with Crippen LogP contribution in [0.25, 0.3) is 16.9 Å². The van der Waals surface area contributed by atoms with Crippen LogP contribution in [0.5, 0.6) is 0 Å². The predicted molar refractivity (Wildman–Crippen MR) is 164 cm³/mol. The fourth-order valence-corrected chi connectivity index (χ4v) is 6.24. The van der Waals surface area contributed by atoms with Gasteiger partial charge in [0.2, 0.25) is 0 Å². The molecule has 0 fully saturated rings. The molecule has 0 saturated carbocycles. The number of hydrogen-bond acceptors (Lipinski definition) is 3. The number of carbonyl (C=O) groups excluding carboxylic acids is 1. The first kappa shape index (κ1) is 34.9. The summed E-state index contributed by atoms with van der Waals surface area (Å²) >= 11 is 0. The number of benzene rings is 3. The lowest BCUT2D eigenvalue weighted by Crippen LogP contribution is -2.48. The minimum absolute atomic E-state index is 0.0892. The summed E-state index contributed by atoms with van der Waals surface area (Å²) in [6.07, 6.45) is -8.74. The number of primary amides is 1. The summed E-state index contributed by atoms with van der Waals surface area (Å²) in [5.74, 6) is -1.91. The molecule has 256 valence electrons. The van der Waals surface area contributed by atoms with Crippen molar-refractivity contribution in [1.29, 1.82) is 0 Å². The number of aromatic nitrogens is 2. The Labute approximate surface area is 271 Å². The lowest BCUT2D eigenvalue weighted by Gasteiger charge is -2.42. The molecule has 3 N–H and O–H groups in total. The third-order valence-electron chi connectivity index (χ3n) is 8.72. The highest BCUT2D eigenvalue weighted by molar-refractivity contribution is 5.88. The Morgan fingerprint density at radius 2 is 1.56 bits per heavy atom. The van der Waals surface area contributed by atoms with E-state index in [0.717, 1.165) is 29.3 Å². The maximum atomic E-state index is 16.0. The monoisotopic (exact) mass is 679 g/mol. The van der Waals surface area contributed by atoms with E-state index in [1.807, 2.05) is 37.4 Å². The molecule has 3 aromatic carbocycles. The number of amides is 2. The topological polar surface area (TPSA) is 76.2 Å². The Kier molecular flexibility index (Phi) is 9.10. The van der Waals surface area contributed by atoms with E-state index in [1.165, 1.54) is 0 Å². The van der Waals surface area contributed by atoms with Crippen molar-refractivity contribution in [3.8, 4) is 16.9 Å². The number of nitrogens with two attached hydrogens (primary N) is 1. The van der Waals surface area contributed by atoms with E-state index in [4.69, 9.17) is 10.8 Å². The lowest BCUT2D eigenvalue weighted by molar-refractivity contribution is -0.143. The van der Waals surface area contributed by atoms with Crippen LogP contribution in [-0.2, 0) is 44.7 Å². The molecule has 0 bridgehead atoms. The first-order valence-electron chi connectivity index (χ1n) is 15.2. The number of carbonyl (C=O) groups is 1. The van der Waals surface area contributed by atoms with Crippen molar-refractivity contribution in [1.82, 2.24) is 14.7 Å². The number of hydrogen-bond donors (Lipinski definition) is 2. The molecule has 14 heteroatoms. The number of nitrogens with one attached hydrogen (secondary N) is 1. The lowest BCUT2D eigenvalue weighted by atomic mass is 9.87. The van der Waals surface area contributed by atoms with Crippen LogP contribution < -0.4 is 11.1 Å². The quantitative estimate of drug-likeness (QED) is 0.192. The highest BCUT2D eigenvalue weighted by atomic mass is 19.4. The molecule has 4 aromatic rings. The van der Waals surface area contributed by atoms with Crippen molar-refractivity contribution in [2.24, 2.45) is 5.73 Å². The minimum Gasteiger partial charge on any atom is -0.351 e. The maximum Gasteiger partial charge on any atom is 0.416 e. The van der Waals surface area contributed by atoms with Crippen molar-refractivity contribution >= 4 is 11.7 Å². The van der Waals surface area contributed by atoms with Crippen LogP contribution in [0.4, 0.5) is 45.6 Å². The average Bonchev–Trinajstić information content (AvgIpc) is 3.33. The van der Waals surface area contributed by atoms with Gasteiger partial charge in [0.05, 0.1) is 33.9 Å². The summed E-state index contributed by atoms with van der Waals surface area (Å²) in [7, 11) is 0. The Bertz CT molecular complexity index is 1850. The Balaban J connectivity index is 1.72. The van der Waals surface area contributed by atoms with Gasteiger partial charge in [-0.25, -0.2) is 18.3 Å². The zero-order chi connectivity index (χ0) is 35.3. The number of para-hydroxylation sites is 1. The standard InChI is InChI=1S/C34H33F8N5O/c1-5-18-8-7-9-19(6-2)29(18)47-30(22-13-26(36)27(14-25(22)35)44-31(43)48)23-17-46(32(3,4)15-28(23)45-47)16-20-10-11-21(33(37,38)39)12-24(20)34(40,41)42/h7-14H,5-6,15-17H2,1-4H3,(H3,43,44,48). The fourth-order valence-electron chi connectivity index (χ4n) is 6.24. The molecule has 1 aliphatic heterocycles. The number of aryl methyl sites for hydroxylation is 2. The van der Waals surface area contributed by atoms with Crippen molar-refractivity contribution in [3.05, 3.63) is 99.2 Å². The molecule has 0 spiro atoms. The molecule has 0 radical (unpaired) electrons. The molecule has 6 nitrogen and oxygen atoms in total. The summed E-state index contributed by atoms with van der Waals surface area (Å²) in [4.78, 5) is 13.1. The molecule has 2 amide bonds. The van der Waals surface area contributed by atoms with E-state index in [-0.39, 0.29) is 35.9 Å². The normalized spacial score (nSPS) is 15.0. The SMILES string of the molecule is CCc1cccc(CC)c1-n1nc2c(c1-c1cc(F)c(NC(N)=O)cc1F)CN(Cc1ccc(C(F)(F)F)cc1C(F)(F)F)C(C)(C)C2. The molecule has 1 aromatic heterocycles. The zero-order valence-corrected chi connectivity index (χ0v) is 26.5. The van der Waals surface area contributed by atoms with Crippen molar-refractivity contribution in [2.75, 3.05) is 5.32 Å². The number of fused-ring (bicyclic) bond motifs is 1. The third kappa shape index (κ3) is 6.62. The van der Waals surface area contributed by atoms with Gasteiger partial charge in [-0.1, -0.05) is 38.1 Å². The average molecular weight is 680 g/mol. The van der Waals surface area contributed by atoms with Crippen LogP contribution >= 0.6 is 0 Å². The van der Waals surface area contributed by atoms with E-state index < -0.39 is 58.9 Å². The summed E-state index contributed by atoms with van der Waals surface area (Å²) in [6.45, 7) is 6.92. The molecule has 0 unspecified atom stereocenters. The number of rotatable bonds is 7. The Morgan fingerprint density at radius 3 is 2.12 bits per heavy atom. The van der Waals surface area contributed by atoms with Gasteiger partial charge < -0.3 is 11.1 Å². The molecule has 0 atom stereocenters. The summed E-state index contributed by atoms with van der Waals surface area (Å²) in [5, 5.41) is 6.93. The molecular weight excluding hydrogens is 646 g/mol. The summed E-state index contributed by atoms with van der Waals surface area (Å²) in [5.41, 5.74) is 3.80. The van der Waals surface area contributed by atoms with Gasteiger partial charge >= 0.3 is 18.4 Å². The van der Waals surface area contributed by atoms with E-state index in [2.05, 4.69) is 0 Å². The highest BCUT2D eigenvalue weighted by Crippen LogP contribution is 2.43. The molecular formula is C34H33F8N5O. The van der Waals surface area contributed by atoms with Gasteiger partial charge in [-0.2, -0.15) is 31.4 Å². The van der Waals surface area contributed by atoms with Crippen molar-refractivity contribution in [2.45, 2.75) is 77.9 Å². The van der Waals surface area contributed by atoms with Crippen LogP contribution in [-0.4, -0.2) is 26.3 Å². The minimum atomic E-state index is -5.07. The van der Waals surface area contributed by atoms with E-state index >= 15 is 8.78 Å². The van der Waals surface area contributed by atoms with Crippen LogP contribution in [0.15, 0.2) is 48.5 Å². The van der Waals surface area contributed by atoms with Gasteiger partial charge in [0.15, 0.2) is 0 Å². The van der Waals surface area contributed by atoms with Crippen LogP contribution in [0.1, 0.15) is 66.8 Å². The first-order chi connectivity index (χ1) is 22.3. The molecule has 5 rings (SSSR count). The second-order valence-electron chi connectivity index (χ2n) is 12.3. The van der Waals surface area contributed by atoms with Gasteiger partial charge in [-0.3, -0.25) is 4.90 Å². The third-order valence-corrected chi connectivity index (χ3v) is 8.72. The van der Waals surface area contributed by atoms with E-state index in [9.17, 15) is 31.1 Å². The molecule has 0 saturated heterocycles. The van der Waals surface area contributed by atoms with Gasteiger partial charge in [0.25, 0.3) is 0 Å². The number of nitrogens with zero attached hydrogens (tertiary/aromatic N) is 3. The van der Waals surface area contributed by atoms with E-state index in [1.54, 1.807) is 23.4 Å². The predicted octanol–water partition coefficient (Wildman–Crippen LogP) is 8.81. The molecule has 1 aliphatic rings. The second kappa shape index (κ2) is 12.5. The van der Waals surface area contributed by atoms with Crippen molar-refractivity contribution < 1.29 is 39.9 Å². The van der Waals surface area contributed by atoms with Gasteiger partial charge in [-0.05, 0) is 61.6 Å². The molecule has 2 heterocycles. The zero-order valence-electron chi connectivity index (χ0n) is 26.5. The first-order valence-corrected chi connectivity index (χ1v) is 15.2. The van der Waals surface area contributed by atoms with Crippen molar-refractivity contribution in [3.63, 3.8) is 0 Å². The highest BCUT2D eigenvalue weighted by Gasteiger charge is 2.42. The molecule has 0 aliphatic carbocycles. The number of halogens is 8. The second-order valence-corrected chi connectivity index (χ2v) is 12.3.